The predicted octanol–water partition coefficient (Wildman–Crippen LogP) is 0.714. The van der Waals surface area contributed by atoms with E-state index in [1.54, 1.807) is 0 Å². The van der Waals surface area contributed by atoms with Gasteiger partial charge in [0.1, 0.15) is 6.04 Å². The van der Waals surface area contributed by atoms with Crippen molar-refractivity contribution in [1.82, 2.24) is 5.32 Å². The summed E-state index contributed by atoms with van der Waals surface area (Å²) in [6, 6.07) is 4.06. The second-order valence-corrected chi connectivity index (χ2v) is 5.22. The summed E-state index contributed by atoms with van der Waals surface area (Å²) >= 11 is 0. The Bertz CT molecular complexity index is 600. The zero-order valence-corrected chi connectivity index (χ0v) is 12.3. The topological polar surface area (TPSA) is 111 Å². The third kappa shape index (κ3) is 4.21. The zero-order chi connectivity index (χ0) is 16.1. The number of esters is 1. The number of carbonyl (C=O) groups is 3. The first kappa shape index (κ1) is 15.8. The molecule has 1 aliphatic rings. The number of primary amides is 1. The monoisotopic (exact) mass is 305 g/mol. The van der Waals surface area contributed by atoms with Gasteiger partial charge in [-0.25, -0.2) is 9.59 Å². The lowest BCUT2D eigenvalue weighted by Gasteiger charge is -2.12. The van der Waals surface area contributed by atoms with Gasteiger partial charge >= 0.3 is 12.0 Å². The number of hydrogen-bond donors (Lipinski definition) is 3. The normalized spacial score (nSPS) is 13.9. The number of hydrogen-bond acceptors (Lipinski definition) is 4. The predicted molar refractivity (Wildman–Crippen MR) is 80.2 cm³/mol. The van der Waals surface area contributed by atoms with Crippen LogP contribution in [0.2, 0.25) is 0 Å². The van der Waals surface area contributed by atoms with Crippen molar-refractivity contribution >= 4 is 23.6 Å². The molecule has 118 valence electrons. The van der Waals surface area contributed by atoms with Gasteiger partial charge in [0.05, 0.1) is 0 Å². The number of nitrogens with one attached hydrogen (secondary N) is 2. The molecular weight excluding hydrogens is 286 g/mol. The van der Waals surface area contributed by atoms with Crippen LogP contribution in [0.25, 0.3) is 0 Å². The van der Waals surface area contributed by atoms with Gasteiger partial charge in [-0.1, -0.05) is 6.07 Å². The van der Waals surface area contributed by atoms with E-state index in [4.69, 9.17) is 10.5 Å². The van der Waals surface area contributed by atoms with Gasteiger partial charge in [-0.15, -0.1) is 0 Å². The van der Waals surface area contributed by atoms with Crippen LogP contribution in [0.15, 0.2) is 18.2 Å². The van der Waals surface area contributed by atoms with Crippen LogP contribution < -0.4 is 16.4 Å². The summed E-state index contributed by atoms with van der Waals surface area (Å²) in [5.41, 5.74) is 8.14. The van der Waals surface area contributed by atoms with E-state index >= 15 is 0 Å². The van der Waals surface area contributed by atoms with E-state index in [0.717, 1.165) is 19.3 Å². The minimum Gasteiger partial charge on any atom is -0.454 e. The maximum Gasteiger partial charge on any atom is 0.328 e. The van der Waals surface area contributed by atoms with Crippen LogP contribution in [0.5, 0.6) is 0 Å². The number of ether oxygens (including phenoxy) is 1. The second-order valence-electron chi connectivity index (χ2n) is 5.22. The van der Waals surface area contributed by atoms with Crippen molar-refractivity contribution in [2.45, 2.75) is 32.2 Å². The Balaban J connectivity index is 1.80. The van der Waals surface area contributed by atoms with Crippen molar-refractivity contribution < 1.29 is 19.1 Å². The molecule has 0 unspecified atom stereocenters. The minimum absolute atomic E-state index is 0.416. The van der Waals surface area contributed by atoms with Crippen molar-refractivity contribution in [3.8, 4) is 0 Å². The Morgan fingerprint density at radius 1 is 1.27 bits per heavy atom. The lowest BCUT2D eigenvalue weighted by atomic mass is 10.1. The molecular formula is C15H19N3O4. The number of urea groups is 1. The number of carbonyl (C=O) groups excluding carboxylic acids is 3. The number of rotatable bonds is 5. The highest BCUT2D eigenvalue weighted by molar-refractivity contribution is 5.93. The fourth-order valence-electron chi connectivity index (χ4n) is 2.38. The van der Waals surface area contributed by atoms with Crippen molar-refractivity contribution in [2.75, 3.05) is 11.9 Å². The zero-order valence-electron chi connectivity index (χ0n) is 12.3. The Morgan fingerprint density at radius 2 is 2.00 bits per heavy atom. The van der Waals surface area contributed by atoms with Crippen LogP contribution in [0.1, 0.15) is 24.5 Å². The first-order valence-corrected chi connectivity index (χ1v) is 7.10. The molecule has 0 saturated carbocycles. The van der Waals surface area contributed by atoms with Gasteiger partial charge in [0.25, 0.3) is 5.91 Å². The second kappa shape index (κ2) is 6.93. The summed E-state index contributed by atoms with van der Waals surface area (Å²) in [6.45, 7) is 1.01. The van der Waals surface area contributed by atoms with Gasteiger partial charge in [0.2, 0.25) is 0 Å². The van der Waals surface area contributed by atoms with Crippen molar-refractivity contribution in [3.05, 3.63) is 29.3 Å². The van der Waals surface area contributed by atoms with E-state index in [1.165, 1.54) is 18.1 Å². The standard InChI is InChI=1S/C15H19N3O4/c1-9(17-15(16)21)14(20)22-8-13(19)18-12-6-5-10-3-2-4-11(10)7-12/h5-7,9H,2-4,8H2,1H3,(H,18,19)(H3,16,17,21)/t9-/m1/s1. The summed E-state index contributed by atoms with van der Waals surface area (Å²) in [7, 11) is 0. The molecule has 4 N–H and O–H groups in total. The summed E-state index contributed by atoms with van der Waals surface area (Å²) in [5.74, 6) is -1.15. The lowest BCUT2D eigenvalue weighted by molar-refractivity contribution is -0.148. The van der Waals surface area contributed by atoms with E-state index in [0.29, 0.717) is 5.69 Å². The fourth-order valence-corrected chi connectivity index (χ4v) is 2.38. The van der Waals surface area contributed by atoms with Gasteiger partial charge in [0.15, 0.2) is 6.61 Å². The molecule has 0 fully saturated rings. The average Bonchev–Trinajstić information content (AvgIpc) is 2.91. The van der Waals surface area contributed by atoms with E-state index in [2.05, 4.69) is 10.6 Å². The molecule has 0 aromatic heterocycles. The van der Waals surface area contributed by atoms with Crippen LogP contribution in [-0.4, -0.2) is 30.6 Å². The highest BCUT2D eigenvalue weighted by atomic mass is 16.5. The molecule has 7 heteroatoms. The third-order valence-electron chi connectivity index (χ3n) is 3.44. The highest BCUT2D eigenvalue weighted by Crippen LogP contribution is 2.24. The molecule has 0 bridgehead atoms. The minimum atomic E-state index is -0.898. The smallest absolute Gasteiger partial charge is 0.328 e. The summed E-state index contributed by atoms with van der Waals surface area (Å²) in [6.07, 6.45) is 3.23. The van der Waals surface area contributed by atoms with Crippen LogP contribution in [0.4, 0.5) is 10.5 Å². The number of anilines is 1. The van der Waals surface area contributed by atoms with Crippen molar-refractivity contribution in [3.63, 3.8) is 0 Å². The molecule has 1 aromatic rings. The van der Waals surface area contributed by atoms with Crippen molar-refractivity contribution in [1.29, 1.82) is 0 Å². The molecule has 0 spiro atoms. The molecule has 0 radical (unpaired) electrons. The summed E-state index contributed by atoms with van der Waals surface area (Å²) in [4.78, 5) is 33.9. The lowest BCUT2D eigenvalue weighted by Crippen LogP contribution is -2.43. The van der Waals surface area contributed by atoms with Crippen LogP contribution >= 0.6 is 0 Å². The van der Waals surface area contributed by atoms with Crippen LogP contribution in [0, 0.1) is 0 Å². The molecule has 0 heterocycles. The first-order chi connectivity index (χ1) is 10.5. The number of benzene rings is 1. The van der Waals surface area contributed by atoms with E-state index in [-0.39, 0.29) is 0 Å². The summed E-state index contributed by atoms with van der Waals surface area (Å²) < 4.78 is 4.81. The Hall–Kier alpha value is -2.57. The number of fused-ring (bicyclic) bond motifs is 1. The molecule has 3 amide bonds. The van der Waals surface area contributed by atoms with E-state index < -0.39 is 30.6 Å². The van der Waals surface area contributed by atoms with Gasteiger partial charge in [-0.3, -0.25) is 4.79 Å². The Labute approximate surface area is 128 Å². The molecule has 0 aliphatic heterocycles. The van der Waals surface area contributed by atoms with Gasteiger partial charge in [-0.05, 0) is 49.4 Å². The Morgan fingerprint density at radius 3 is 2.73 bits per heavy atom. The van der Waals surface area contributed by atoms with Gasteiger partial charge < -0.3 is 21.1 Å². The maximum atomic E-state index is 11.8. The highest BCUT2D eigenvalue weighted by Gasteiger charge is 2.17. The maximum absolute atomic E-state index is 11.8. The van der Waals surface area contributed by atoms with Crippen LogP contribution in [0.3, 0.4) is 0 Å². The number of nitrogens with two attached hydrogens (primary N) is 1. The first-order valence-electron chi connectivity index (χ1n) is 7.10. The van der Waals surface area contributed by atoms with E-state index in [9.17, 15) is 14.4 Å². The molecule has 2 rings (SSSR count). The molecule has 1 aromatic carbocycles. The molecule has 22 heavy (non-hydrogen) atoms. The number of amides is 3. The average molecular weight is 305 g/mol. The quantitative estimate of drug-likeness (QED) is 0.696. The molecule has 1 atom stereocenters. The SMILES string of the molecule is C[C@@H](NC(N)=O)C(=O)OCC(=O)Nc1ccc2c(c1)CCC2. The Kier molecular flexibility index (Phi) is 4.98. The fraction of sp³-hybridized carbons (Fsp3) is 0.400. The van der Waals surface area contributed by atoms with Gasteiger partial charge in [0, 0.05) is 5.69 Å². The number of aryl methyl sites for hydroxylation is 2. The van der Waals surface area contributed by atoms with Gasteiger partial charge in [-0.2, -0.15) is 0 Å². The third-order valence-corrected chi connectivity index (χ3v) is 3.44. The summed E-state index contributed by atoms with van der Waals surface area (Å²) in [5, 5.41) is 4.86. The van der Waals surface area contributed by atoms with Crippen molar-refractivity contribution in [2.24, 2.45) is 5.73 Å². The molecule has 7 nitrogen and oxygen atoms in total. The molecule has 1 aliphatic carbocycles. The largest absolute Gasteiger partial charge is 0.454 e. The van der Waals surface area contributed by atoms with E-state index in [1.807, 2.05) is 18.2 Å². The van der Waals surface area contributed by atoms with Crippen LogP contribution in [-0.2, 0) is 27.2 Å². The molecule has 0 saturated heterocycles.